The molecule has 0 unspecified atom stereocenters. The van der Waals surface area contributed by atoms with E-state index < -0.39 is 0 Å². The van der Waals surface area contributed by atoms with E-state index in [9.17, 15) is 4.79 Å². The maximum absolute atomic E-state index is 11.8. The number of nitrogens with zero attached hydrogens (tertiary/aromatic N) is 1. The largest absolute Gasteiger partial charge is 0.484 e. The first-order valence-corrected chi connectivity index (χ1v) is 8.38. The molecule has 1 fully saturated rings. The molecule has 0 spiro atoms. The van der Waals surface area contributed by atoms with Crippen LogP contribution in [0.25, 0.3) is 0 Å². The van der Waals surface area contributed by atoms with Gasteiger partial charge in [0.25, 0.3) is 5.91 Å². The molecule has 0 radical (unpaired) electrons. The van der Waals surface area contributed by atoms with Gasteiger partial charge < -0.3 is 4.74 Å². The van der Waals surface area contributed by atoms with Gasteiger partial charge in [0.1, 0.15) is 5.75 Å². The van der Waals surface area contributed by atoms with Gasteiger partial charge in [0.2, 0.25) is 0 Å². The lowest BCUT2D eigenvalue weighted by molar-refractivity contribution is -0.123. The van der Waals surface area contributed by atoms with Crippen LogP contribution in [0, 0.1) is 0 Å². The molecule has 2 aromatic carbocycles. The van der Waals surface area contributed by atoms with Gasteiger partial charge in [-0.1, -0.05) is 48.5 Å². The minimum atomic E-state index is -0.225. The molecule has 0 atom stereocenters. The number of carbonyl (C=O) groups excluding carboxylic acids is 1. The molecule has 0 bridgehead atoms. The Hall–Kier alpha value is -2.62. The summed E-state index contributed by atoms with van der Waals surface area (Å²) in [6, 6.07) is 19.9. The average molecular weight is 322 g/mol. The highest BCUT2D eigenvalue weighted by atomic mass is 16.5. The van der Waals surface area contributed by atoms with Crippen LogP contribution >= 0.6 is 0 Å². The summed E-state index contributed by atoms with van der Waals surface area (Å²) < 4.78 is 5.40. The van der Waals surface area contributed by atoms with Crippen molar-refractivity contribution in [3.05, 3.63) is 66.2 Å². The second-order valence-electron chi connectivity index (χ2n) is 6.00. The smallest absolute Gasteiger partial charge is 0.277 e. The Morgan fingerprint density at radius 2 is 1.62 bits per heavy atom. The number of benzene rings is 2. The fraction of sp³-hybridized carbons (Fsp3) is 0.300. The normalized spacial score (nSPS) is 17.2. The lowest BCUT2D eigenvalue weighted by atomic mass is 9.83. The predicted octanol–water partition coefficient (Wildman–Crippen LogP) is 3.90. The highest BCUT2D eigenvalue weighted by molar-refractivity contribution is 5.87. The van der Waals surface area contributed by atoms with Crippen LogP contribution in [0.5, 0.6) is 5.75 Å². The Balaban J connectivity index is 1.42. The van der Waals surface area contributed by atoms with Crippen molar-refractivity contribution in [2.24, 2.45) is 5.10 Å². The zero-order chi connectivity index (χ0) is 16.6. The Labute approximate surface area is 142 Å². The predicted molar refractivity (Wildman–Crippen MR) is 95.2 cm³/mol. The molecule has 2 aromatic rings. The summed E-state index contributed by atoms with van der Waals surface area (Å²) in [5.41, 5.74) is 5.07. The molecule has 1 saturated carbocycles. The van der Waals surface area contributed by atoms with E-state index >= 15 is 0 Å². The molecule has 124 valence electrons. The lowest BCUT2D eigenvalue weighted by Crippen LogP contribution is -2.26. The van der Waals surface area contributed by atoms with Gasteiger partial charge in [0.15, 0.2) is 6.61 Å². The molecule has 0 aromatic heterocycles. The third-order valence-corrected chi connectivity index (χ3v) is 4.29. The number of nitrogens with one attached hydrogen (secondary N) is 1. The van der Waals surface area contributed by atoms with Crippen LogP contribution in [0.2, 0.25) is 0 Å². The molecule has 1 amide bonds. The lowest BCUT2D eigenvalue weighted by Gasteiger charge is -2.23. The zero-order valence-corrected chi connectivity index (χ0v) is 13.7. The molecular weight excluding hydrogens is 300 g/mol. The molecule has 4 nitrogen and oxygen atoms in total. The monoisotopic (exact) mass is 322 g/mol. The summed E-state index contributed by atoms with van der Waals surface area (Å²) in [6.45, 7) is -0.0204. The van der Waals surface area contributed by atoms with Crippen molar-refractivity contribution in [3.8, 4) is 5.75 Å². The maximum Gasteiger partial charge on any atom is 0.277 e. The number of hydrogen-bond donors (Lipinski definition) is 1. The van der Waals surface area contributed by atoms with Gasteiger partial charge >= 0.3 is 0 Å². The van der Waals surface area contributed by atoms with Crippen LogP contribution in [0.4, 0.5) is 0 Å². The van der Waals surface area contributed by atoms with Crippen LogP contribution in [0.15, 0.2) is 65.8 Å². The van der Waals surface area contributed by atoms with Crippen molar-refractivity contribution in [2.45, 2.75) is 31.6 Å². The SMILES string of the molecule is O=C(COc1ccccc1)NN=C1CCC(c2ccccc2)CC1. The molecule has 0 heterocycles. The van der Waals surface area contributed by atoms with E-state index in [1.54, 1.807) is 0 Å². The van der Waals surface area contributed by atoms with Gasteiger partial charge in [-0.05, 0) is 49.3 Å². The summed E-state index contributed by atoms with van der Waals surface area (Å²) in [7, 11) is 0. The summed E-state index contributed by atoms with van der Waals surface area (Å²) >= 11 is 0. The maximum atomic E-state index is 11.8. The number of amides is 1. The third-order valence-electron chi connectivity index (χ3n) is 4.29. The van der Waals surface area contributed by atoms with Crippen LogP contribution in [0.3, 0.4) is 0 Å². The molecular formula is C20H22N2O2. The standard InChI is InChI=1S/C20H22N2O2/c23-20(15-24-19-9-5-2-6-10-19)22-21-18-13-11-17(12-14-18)16-7-3-1-4-8-16/h1-10,17H,11-15H2,(H,22,23). The third kappa shape index (κ3) is 4.69. The molecule has 1 aliphatic carbocycles. The van der Waals surface area contributed by atoms with Crippen LogP contribution in [-0.2, 0) is 4.79 Å². The Morgan fingerprint density at radius 3 is 2.29 bits per heavy atom. The van der Waals surface area contributed by atoms with E-state index in [4.69, 9.17) is 4.74 Å². The number of hydrazone groups is 1. The molecule has 1 aliphatic rings. The van der Waals surface area contributed by atoms with Crippen molar-refractivity contribution >= 4 is 11.6 Å². The van der Waals surface area contributed by atoms with E-state index in [1.165, 1.54) is 5.56 Å². The van der Waals surface area contributed by atoms with Crippen LogP contribution in [-0.4, -0.2) is 18.2 Å². The first-order valence-electron chi connectivity index (χ1n) is 8.38. The number of ether oxygens (including phenoxy) is 1. The number of hydrogen-bond acceptors (Lipinski definition) is 3. The van der Waals surface area contributed by atoms with Crippen molar-refractivity contribution in [1.29, 1.82) is 0 Å². The summed E-state index contributed by atoms with van der Waals surface area (Å²) in [5, 5.41) is 4.26. The molecule has 1 N–H and O–H groups in total. The first-order chi connectivity index (χ1) is 11.8. The van der Waals surface area contributed by atoms with E-state index in [-0.39, 0.29) is 12.5 Å². The Morgan fingerprint density at radius 1 is 1.00 bits per heavy atom. The first kappa shape index (κ1) is 16.2. The van der Waals surface area contributed by atoms with E-state index in [1.807, 2.05) is 36.4 Å². The van der Waals surface area contributed by atoms with E-state index in [2.05, 4.69) is 34.8 Å². The molecule has 24 heavy (non-hydrogen) atoms. The van der Waals surface area contributed by atoms with Crippen molar-refractivity contribution in [3.63, 3.8) is 0 Å². The van der Waals surface area contributed by atoms with Gasteiger partial charge in [-0.25, -0.2) is 5.43 Å². The number of carbonyl (C=O) groups is 1. The number of para-hydroxylation sites is 1. The van der Waals surface area contributed by atoms with Gasteiger partial charge in [-0.15, -0.1) is 0 Å². The molecule has 0 aliphatic heterocycles. The summed E-state index contributed by atoms with van der Waals surface area (Å²) in [5.74, 6) is 1.06. The minimum absolute atomic E-state index is 0.0204. The zero-order valence-electron chi connectivity index (χ0n) is 13.7. The average Bonchev–Trinajstić information content (AvgIpc) is 2.67. The second-order valence-corrected chi connectivity index (χ2v) is 6.00. The van der Waals surface area contributed by atoms with Crippen molar-refractivity contribution < 1.29 is 9.53 Å². The van der Waals surface area contributed by atoms with Crippen LogP contribution < -0.4 is 10.2 Å². The topological polar surface area (TPSA) is 50.7 Å². The van der Waals surface area contributed by atoms with Crippen LogP contribution in [0.1, 0.15) is 37.2 Å². The summed E-state index contributed by atoms with van der Waals surface area (Å²) in [4.78, 5) is 11.8. The van der Waals surface area contributed by atoms with E-state index in [0.29, 0.717) is 11.7 Å². The van der Waals surface area contributed by atoms with Gasteiger partial charge in [0.05, 0.1) is 0 Å². The molecule has 4 heteroatoms. The highest BCUT2D eigenvalue weighted by Crippen LogP contribution is 2.31. The van der Waals surface area contributed by atoms with E-state index in [0.717, 1.165) is 31.4 Å². The molecule has 3 rings (SSSR count). The molecule has 0 saturated heterocycles. The Kier molecular flexibility index (Phi) is 5.61. The fourth-order valence-electron chi connectivity index (χ4n) is 2.96. The second kappa shape index (κ2) is 8.29. The van der Waals surface area contributed by atoms with Gasteiger partial charge in [0, 0.05) is 5.71 Å². The number of rotatable bonds is 5. The van der Waals surface area contributed by atoms with Crippen molar-refractivity contribution in [2.75, 3.05) is 6.61 Å². The Bertz CT molecular complexity index is 673. The highest BCUT2D eigenvalue weighted by Gasteiger charge is 2.19. The fourth-order valence-corrected chi connectivity index (χ4v) is 2.96. The summed E-state index contributed by atoms with van der Waals surface area (Å²) in [6.07, 6.45) is 4.03. The quantitative estimate of drug-likeness (QED) is 0.849. The van der Waals surface area contributed by atoms with Gasteiger partial charge in [-0.3, -0.25) is 4.79 Å². The minimum Gasteiger partial charge on any atom is -0.484 e. The van der Waals surface area contributed by atoms with Crippen molar-refractivity contribution in [1.82, 2.24) is 5.43 Å². The van der Waals surface area contributed by atoms with Gasteiger partial charge in [-0.2, -0.15) is 5.10 Å².